The van der Waals surface area contributed by atoms with E-state index in [-0.39, 0.29) is 5.91 Å². The molecular weight excluding hydrogens is 272 g/mol. The van der Waals surface area contributed by atoms with E-state index >= 15 is 0 Å². The maximum atomic E-state index is 12.4. The molecule has 0 aromatic heterocycles. The van der Waals surface area contributed by atoms with Crippen LogP contribution in [0.3, 0.4) is 0 Å². The summed E-state index contributed by atoms with van der Waals surface area (Å²) >= 11 is 6.10. The number of carbonyl (C=O) groups is 1. The summed E-state index contributed by atoms with van der Waals surface area (Å²) in [7, 11) is 1.80. The molecule has 104 valence electrons. The third-order valence-electron chi connectivity index (χ3n) is 3.06. The van der Waals surface area contributed by atoms with E-state index in [0.717, 1.165) is 16.8 Å². The summed E-state index contributed by atoms with van der Waals surface area (Å²) in [6, 6.07) is 11.2. The number of amides is 1. The lowest BCUT2D eigenvalue weighted by atomic mass is 10.1. The van der Waals surface area contributed by atoms with Gasteiger partial charge in [0.1, 0.15) is 0 Å². The van der Waals surface area contributed by atoms with Gasteiger partial charge in [0.25, 0.3) is 5.91 Å². The average Bonchev–Trinajstić information content (AvgIpc) is 2.42. The van der Waals surface area contributed by atoms with Gasteiger partial charge in [-0.1, -0.05) is 23.7 Å². The Hall–Kier alpha value is -2.00. The van der Waals surface area contributed by atoms with E-state index in [0.29, 0.717) is 16.3 Å². The first-order valence-electron chi connectivity index (χ1n) is 6.37. The Balaban J connectivity index is 2.30. The van der Waals surface area contributed by atoms with Crippen LogP contribution in [0, 0.1) is 13.8 Å². The maximum absolute atomic E-state index is 12.4. The molecule has 0 spiro atoms. The van der Waals surface area contributed by atoms with Crippen molar-refractivity contribution in [3.63, 3.8) is 0 Å². The molecule has 0 radical (unpaired) electrons. The predicted molar refractivity (Wildman–Crippen MR) is 84.9 cm³/mol. The Bertz CT molecular complexity index is 653. The number of halogens is 1. The van der Waals surface area contributed by atoms with Gasteiger partial charge < -0.3 is 10.6 Å². The van der Waals surface area contributed by atoms with Crippen LogP contribution in [0.4, 0.5) is 11.4 Å². The summed E-state index contributed by atoms with van der Waals surface area (Å²) in [6.45, 7) is 3.94. The smallest absolute Gasteiger partial charge is 0.257 e. The van der Waals surface area contributed by atoms with E-state index in [4.69, 9.17) is 11.6 Å². The summed E-state index contributed by atoms with van der Waals surface area (Å²) in [4.78, 5) is 12.4. The van der Waals surface area contributed by atoms with Gasteiger partial charge in [0, 0.05) is 12.7 Å². The van der Waals surface area contributed by atoms with Gasteiger partial charge in [0.2, 0.25) is 0 Å². The van der Waals surface area contributed by atoms with Gasteiger partial charge in [-0.05, 0) is 49.2 Å². The SMILES string of the molecule is CNc1cc(C)ccc1C(=O)Nc1cc(C)ccc1Cl. The molecule has 2 rings (SSSR count). The Kier molecular flexibility index (Phi) is 4.30. The highest BCUT2D eigenvalue weighted by molar-refractivity contribution is 6.34. The minimum Gasteiger partial charge on any atom is -0.387 e. The molecule has 4 heteroatoms. The molecule has 0 aliphatic heterocycles. The largest absolute Gasteiger partial charge is 0.387 e. The number of benzene rings is 2. The second-order valence-electron chi connectivity index (χ2n) is 4.74. The molecule has 1 amide bonds. The fourth-order valence-corrected chi connectivity index (χ4v) is 2.15. The van der Waals surface area contributed by atoms with Crippen LogP contribution in [0.2, 0.25) is 5.02 Å². The van der Waals surface area contributed by atoms with Crippen LogP contribution in [0.15, 0.2) is 36.4 Å². The highest BCUT2D eigenvalue weighted by atomic mass is 35.5. The summed E-state index contributed by atoms with van der Waals surface area (Å²) in [5, 5.41) is 6.42. The van der Waals surface area contributed by atoms with E-state index in [2.05, 4.69) is 10.6 Å². The summed E-state index contributed by atoms with van der Waals surface area (Å²) in [5.74, 6) is -0.179. The molecule has 0 saturated carbocycles. The minimum atomic E-state index is -0.179. The van der Waals surface area contributed by atoms with E-state index in [1.54, 1.807) is 19.2 Å². The van der Waals surface area contributed by atoms with E-state index in [1.807, 2.05) is 38.1 Å². The number of anilines is 2. The maximum Gasteiger partial charge on any atom is 0.257 e. The topological polar surface area (TPSA) is 41.1 Å². The molecule has 0 aliphatic rings. The number of aryl methyl sites for hydroxylation is 2. The van der Waals surface area contributed by atoms with E-state index in [1.165, 1.54) is 0 Å². The second kappa shape index (κ2) is 5.97. The molecule has 2 aromatic rings. The third kappa shape index (κ3) is 3.11. The van der Waals surface area contributed by atoms with Gasteiger partial charge >= 0.3 is 0 Å². The molecule has 20 heavy (non-hydrogen) atoms. The molecule has 0 atom stereocenters. The second-order valence-corrected chi connectivity index (χ2v) is 5.14. The van der Waals surface area contributed by atoms with Crippen LogP contribution in [0.25, 0.3) is 0 Å². The molecule has 0 unspecified atom stereocenters. The van der Waals surface area contributed by atoms with Crippen LogP contribution in [0.5, 0.6) is 0 Å². The third-order valence-corrected chi connectivity index (χ3v) is 3.39. The fourth-order valence-electron chi connectivity index (χ4n) is 1.99. The van der Waals surface area contributed by atoms with Crippen molar-refractivity contribution in [1.29, 1.82) is 0 Å². The standard InChI is InChI=1S/C16H17ClN2O/c1-10-4-6-12(14(8-10)18-3)16(20)19-15-9-11(2)5-7-13(15)17/h4-9,18H,1-3H3,(H,19,20). The lowest BCUT2D eigenvalue weighted by Crippen LogP contribution is -2.14. The van der Waals surface area contributed by atoms with Crippen LogP contribution < -0.4 is 10.6 Å². The van der Waals surface area contributed by atoms with Gasteiger partial charge in [-0.15, -0.1) is 0 Å². The van der Waals surface area contributed by atoms with Gasteiger partial charge in [0.15, 0.2) is 0 Å². The number of rotatable bonds is 3. The molecule has 2 aromatic carbocycles. The zero-order valence-corrected chi connectivity index (χ0v) is 12.5. The zero-order chi connectivity index (χ0) is 14.7. The van der Waals surface area contributed by atoms with E-state index < -0.39 is 0 Å². The van der Waals surface area contributed by atoms with Crippen LogP contribution >= 0.6 is 11.6 Å². The van der Waals surface area contributed by atoms with E-state index in [9.17, 15) is 4.79 Å². The minimum absolute atomic E-state index is 0.179. The van der Waals surface area contributed by atoms with Crippen molar-refractivity contribution in [3.05, 3.63) is 58.1 Å². The molecule has 0 saturated heterocycles. The van der Waals surface area contributed by atoms with Crippen LogP contribution in [-0.4, -0.2) is 13.0 Å². The molecule has 0 aliphatic carbocycles. The van der Waals surface area contributed by atoms with Gasteiger partial charge in [-0.25, -0.2) is 0 Å². The van der Waals surface area contributed by atoms with Gasteiger partial charge in [-0.3, -0.25) is 4.79 Å². The Morgan fingerprint density at radius 2 is 1.60 bits per heavy atom. The Labute approximate surface area is 124 Å². The zero-order valence-electron chi connectivity index (χ0n) is 11.8. The van der Waals surface area contributed by atoms with Crippen molar-refractivity contribution in [3.8, 4) is 0 Å². The molecule has 0 fully saturated rings. The van der Waals surface area contributed by atoms with Crippen molar-refractivity contribution in [2.24, 2.45) is 0 Å². The summed E-state index contributed by atoms with van der Waals surface area (Å²) in [6.07, 6.45) is 0. The number of nitrogens with one attached hydrogen (secondary N) is 2. The number of hydrogen-bond donors (Lipinski definition) is 2. The highest BCUT2D eigenvalue weighted by Crippen LogP contribution is 2.25. The fraction of sp³-hybridized carbons (Fsp3) is 0.188. The summed E-state index contributed by atoms with van der Waals surface area (Å²) in [5.41, 5.74) is 4.16. The van der Waals surface area contributed by atoms with Crippen molar-refractivity contribution in [2.75, 3.05) is 17.7 Å². The van der Waals surface area contributed by atoms with Gasteiger partial charge in [0.05, 0.1) is 16.3 Å². The first-order chi connectivity index (χ1) is 9.51. The number of hydrogen-bond acceptors (Lipinski definition) is 2. The quantitative estimate of drug-likeness (QED) is 0.886. The Morgan fingerprint density at radius 1 is 1.00 bits per heavy atom. The first kappa shape index (κ1) is 14.4. The van der Waals surface area contributed by atoms with Crippen molar-refractivity contribution < 1.29 is 4.79 Å². The average molecular weight is 289 g/mol. The van der Waals surface area contributed by atoms with Crippen molar-refractivity contribution in [1.82, 2.24) is 0 Å². The van der Waals surface area contributed by atoms with Crippen LogP contribution in [0.1, 0.15) is 21.5 Å². The molecule has 0 heterocycles. The van der Waals surface area contributed by atoms with Gasteiger partial charge in [-0.2, -0.15) is 0 Å². The first-order valence-corrected chi connectivity index (χ1v) is 6.75. The molecule has 3 nitrogen and oxygen atoms in total. The van der Waals surface area contributed by atoms with Crippen molar-refractivity contribution in [2.45, 2.75) is 13.8 Å². The lowest BCUT2D eigenvalue weighted by molar-refractivity contribution is 0.102. The predicted octanol–water partition coefficient (Wildman–Crippen LogP) is 4.25. The molecule has 0 bridgehead atoms. The summed E-state index contributed by atoms with van der Waals surface area (Å²) < 4.78 is 0. The number of carbonyl (C=O) groups excluding carboxylic acids is 1. The van der Waals surface area contributed by atoms with Crippen molar-refractivity contribution >= 4 is 28.9 Å². The Morgan fingerprint density at radius 3 is 2.25 bits per heavy atom. The normalized spacial score (nSPS) is 10.2. The molecular formula is C16H17ClN2O. The lowest BCUT2D eigenvalue weighted by Gasteiger charge is -2.12. The highest BCUT2D eigenvalue weighted by Gasteiger charge is 2.12. The van der Waals surface area contributed by atoms with Crippen LogP contribution in [-0.2, 0) is 0 Å². The monoisotopic (exact) mass is 288 g/mol. The molecule has 2 N–H and O–H groups in total.